The molecule has 3 amide bonds. The third kappa shape index (κ3) is 6.69. The number of unbranched alkanes of at least 4 members (excludes halogenated alkanes) is 3. The molecule has 0 spiro atoms. The molecule has 11 heteroatoms. The van der Waals surface area contributed by atoms with Crippen LogP contribution in [0.2, 0.25) is 0 Å². The summed E-state index contributed by atoms with van der Waals surface area (Å²) in [6.45, 7) is 0.320. The molecule has 0 fully saturated rings. The molecule has 0 saturated carbocycles. The lowest BCUT2D eigenvalue weighted by Gasteiger charge is -2.24. The SMILES string of the molecule is O=C(CCCCCCN(C(=O)Nc1cccc(C(F)(F)F)c1)c1ccc2[nH]ncc2c1)NO. The first-order valence-electron chi connectivity index (χ1n) is 10.4. The highest BCUT2D eigenvalue weighted by Crippen LogP contribution is 2.31. The van der Waals surface area contributed by atoms with Gasteiger partial charge in [-0.25, -0.2) is 10.3 Å². The van der Waals surface area contributed by atoms with Crippen molar-refractivity contribution in [1.29, 1.82) is 0 Å². The number of hydrogen-bond acceptors (Lipinski definition) is 4. The van der Waals surface area contributed by atoms with Gasteiger partial charge in [-0.1, -0.05) is 18.9 Å². The van der Waals surface area contributed by atoms with Crippen molar-refractivity contribution in [3.63, 3.8) is 0 Å². The number of carbonyl (C=O) groups excluding carboxylic acids is 2. The number of nitrogens with one attached hydrogen (secondary N) is 3. The van der Waals surface area contributed by atoms with Crippen LogP contribution in [0.25, 0.3) is 10.9 Å². The topological polar surface area (TPSA) is 110 Å². The molecule has 2 aromatic carbocycles. The van der Waals surface area contributed by atoms with Crippen molar-refractivity contribution in [2.75, 3.05) is 16.8 Å². The van der Waals surface area contributed by atoms with E-state index in [4.69, 9.17) is 5.21 Å². The van der Waals surface area contributed by atoms with E-state index in [0.717, 1.165) is 35.9 Å². The predicted molar refractivity (Wildman–Crippen MR) is 117 cm³/mol. The van der Waals surface area contributed by atoms with Gasteiger partial charge in [0, 0.05) is 29.7 Å². The average molecular weight is 463 g/mol. The monoisotopic (exact) mass is 463 g/mol. The van der Waals surface area contributed by atoms with E-state index in [1.807, 2.05) is 0 Å². The van der Waals surface area contributed by atoms with Crippen molar-refractivity contribution < 1.29 is 28.0 Å². The number of aromatic amines is 1. The summed E-state index contributed by atoms with van der Waals surface area (Å²) >= 11 is 0. The third-order valence-corrected chi connectivity index (χ3v) is 5.08. The lowest BCUT2D eigenvalue weighted by molar-refractivity contribution is -0.137. The Morgan fingerprint density at radius 3 is 2.61 bits per heavy atom. The number of hydrogen-bond donors (Lipinski definition) is 4. The van der Waals surface area contributed by atoms with Crippen molar-refractivity contribution in [3.05, 3.63) is 54.2 Å². The second-order valence-corrected chi connectivity index (χ2v) is 7.50. The van der Waals surface area contributed by atoms with Gasteiger partial charge in [0.1, 0.15) is 0 Å². The highest BCUT2D eigenvalue weighted by molar-refractivity contribution is 6.02. The number of hydroxylamine groups is 1. The fourth-order valence-electron chi connectivity index (χ4n) is 3.38. The molecule has 0 aliphatic carbocycles. The van der Waals surface area contributed by atoms with Gasteiger partial charge in [0.2, 0.25) is 5.91 Å². The number of nitrogens with zero attached hydrogens (tertiary/aromatic N) is 2. The quantitative estimate of drug-likeness (QED) is 0.202. The van der Waals surface area contributed by atoms with E-state index in [0.29, 0.717) is 25.1 Å². The van der Waals surface area contributed by atoms with Gasteiger partial charge in [0.15, 0.2) is 0 Å². The first kappa shape index (κ1) is 24.1. The van der Waals surface area contributed by atoms with E-state index < -0.39 is 23.7 Å². The van der Waals surface area contributed by atoms with Gasteiger partial charge in [0.25, 0.3) is 0 Å². The largest absolute Gasteiger partial charge is 0.416 e. The molecule has 8 nitrogen and oxygen atoms in total. The van der Waals surface area contributed by atoms with Crippen LogP contribution in [0.3, 0.4) is 0 Å². The highest BCUT2D eigenvalue weighted by atomic mass is 19.4. The lowest BCUT2D eigenvalue weighted by Crippen LogP contribution is -2.36. The summed E-state index contributed by atoms with van der Waals surface area (Å²) in [5, 5.41) is 18.7. The van der Waals surface area contributed by atoms with Gasteiger partial charge in [-0.15, -0.1) is 0 Å². The molecule has 33 heavy (non-hydrogen) atoms. The molecular formula is C22H24F3N5O3. The fraction of sp³-hybridized carbons (Fsp3) is 0.318. The Balaban J connectivity index is 1.71. The number of urea groups is 1. The summed E-state index contributed by atoms with van der Waals surface area (Å²) in [6.07, 6.45) is -0.0533. The number of amides is 3. The maximum absolute atomic E-state index is 13.0. The number of alkyl halides is 3. The molecule has 4 N–H and O–H groups in total. The normalized spacial score (nSPS) is 11.4. The standard InChI is InChI=1S/C22H24F3N5O3/c23-22(24,25)16-6-5-7-17(13-16)27-21(32)30(11-4-2-1-3-8-20(31)29-33)18-9-10-19-15(12-18)14-26-28-19/h5-7,9-10,12-14,33H,1-4,8,11H2,(H,26,28)(H,27,32)(H,29,31). The number of H-pyrrole nitrogens is 1. The molecular weight excluding hydrogens is 439 g/mol. The van der Waals surface area contributed by atoms with Crippen LogP contribution in [-0.4, -0.2) is 33.9 Å². The number of anilines is 2. The molecule has 176 valence electrons. The molecule has 0 radical (unpaired) electrons. The Morgan fingerprint density at radius 2 is 1.85 bits per heavy atom. The van der Waals surface area contributed by atoms with Gasteiger partial charge in [-0.2, -0.15) is 18.3 Å². The number of rotatable bonds is 9. The van der Waals surface area contributed by atoms with Crippen LogP contribution in [0, 0.1) is 0 Å². The summed E-state index contributed by atoms with van der Waals surface area (Å²) in [6, 6.07) is 9.19. The second-order valence-electron chi connectivity index (χ2n) is 7.50. The molecule has 1 heterocycles. The van der Waals surface area contributed by atoms with Crippen LogP contribution in [0.5, 0.6) is 0 Å². The molecule has 3 rings (SSSR count). The summed E-state index contributed by atoms with van der Waals surface area (Å²) in [4.78, 5) is 25.6. The van der Waals surface area contributed by atoms with Gasteiger partial charge in [-0.05, 0) is 49.2 Å². The Labute approximate surface area is 187 Å². The Hall–Kier alpha value is -3.60. The molecule has 0 bridgehead atoms. The van der Waals surface area contributed by atoms with Crippen molar-refractivity contribution in [2.24, 2.45) is 0 Å². The van der Waals surface area contributed by atoms with E-state index in [1.165, 1.54) is 17.0 Å². The van der Waals surface area contributed by atoms with Crippen molar-refractivity contribution in [2.45, 2.75) is 38.3 Å². The molecule has 0 unspecified atom stereocenters. The van der Waals surface area contributed by atoms with Crippen molar-refractivity contribution in [3.8, 4) is 0 Å². The molecule has 0 aliphatic heterocycles. The van der Waals surface area contributed by atoms with E-state index in [-0.39, 0.29) is 12.1 Å². The zero-order chi connectivity index (χ0) is 23.8. The minimum absolute atomic E-state index is 0.0410. The average Bonchev–Trinajstić information content (AvgIpc) is 3.25. The van der Waals surface area contributed by atoms with E-state index in [9.17, 15) is 22.8 Å². The zero-order valence-electron chi connectivity index (χ0n) is 17.7. The predicted octanol–water partition coefficient (Wildman–Crippen LogP) is 5.08. The summed E-state index contributed by atoms with van der Waals surface area (Å²) in [7, 11) is 0. The van der Waals surface area contributed by atoms with Crippen molar-refractivity contribution >= 4 is 34.2 Å². The number of fused-ring (bicyclic) bond motifs is 1. The van der Waals surface area contributed by atoms with E-state index >= 15 is 0 Å². The van der Waals surface area contributed by atoms with Crippen LogP contribution in [0.15, 0.2) is 48.7 Å². The first-order valence-corrected chi connectivity index (χ1v) is 10.4. The van der Waals surface area contributed by atoms with E-state index in [2.05, 4.69) is 15.5 Å². The number of halogens is 3. The van der Waals surface area contributed by atoms with Crippen LogP contribution >= 0.6 is 0 Å². The minimum atomic E-state index is -4.51. The van der Waals surface area contributed by atoms with Crippen LogP contribution < -0.4 is 15.7 Å². The number of benzene rings is 2. The molecule has 3 aromatic rings. The second kappa shape index (κ2) is 10.8. The number of aromatic nitrogens is 2. The van der Waals surface area contributed by atoms with Crippen LogP contribution in [0.1, 0.15) is 37.7 Å². The Kier molecular flexibility index (Phi) is 7.88. The summed E-state index contributed by atoms with van der Waals surface area (Å²) in [5.74, 6) is -0.453. The summed E-state index contributed by atoms with van der Waals surface area (Å²) < 4.78 is 39.1. The molecule has 1 aromatic heterocycles. The number of carbonyl (C=O) groups is 2. The summed E-state index contributed by atoms with van der Waals surface area (Å²) in [5.41, 5.74) is 2.14. The van der Waals surface area contributed by atoms with Gasteiger partial charge < -0.3 is 5.32 Å². The minimum Gasteiger partial charge on any atom is -0.308 e. The van der Waals surface area contributed by atoms with Gasteiger partial charge in [0.05, 0.1) is 17.3 Å². The Morgan fingerprint density at radius 1 is 1.06 bits per heavy atom. The smallest absolute Gasteiger partial charge is 0.308 e. The lowest BCUT2D eigenvalue weighted by atomic mass is 10.1. The van der Waals surface area contributed by atoms with Gasteiger partial charge >= 0.3 is 12.2 Å². The highest BCUT2D eigenvalue weighted by Gasteiger charge is 2.30. The van der Waals surface area contributed by atoms with Crippen molar-refractivity contribution in [1.82, 2.24) is 15.7 Å². The zero-order valence-corrected chi connectivity index (χ0v) is 17.7. The molecule has 0 atom stereocenters. The van der Waals surface area contributed by atoms with Crippen LogP contribution in [-0.2, 0) is 11.0 Å². The first-order chi connectivity index (χ1) is 15.8. The molecule has 0 saturated heterocycles. The molecule has 0 aliphatic rings. The van der Waals surface area contributed by atoms with Gasteiger partial charge in [-0.3, -0.25) is 20.0 Å². The fourth-order valence-corrected chi connectivity index (χ4v) is 3.38. The van der Waals surface area contributed by atoms with Crippen LogP contribution in [0.4, 0.5) is 29.3 Å². The maximum Gasteiger partial charge on any atom is 0.416 e. The Bertz CT molecular complexity index is 1100. The third-order valence-electron chi connectivity index (χ3n) is 5.08. The van der Waals surface area contributed by atoms with E-state index in [1.54, 1.807) is 29.9 Å². The maximum atomic E-state index is 13.0.